The fourth-order valence-electron chi connectivity index (χ4n) is 2.29. The highest BCUT2D eigenvalue weighted by Gasteiger charge is 2.18. The third-order valence-corrected chi connectivity index (χ3v) is 4.44. The standard InChI is InChI=1S/C17H14F2N4O3S/c1-10-2-7-15(26-16(18)19)13(8-10)14(25)9-27-17-20-21-22-23(17)11-3-5-12(24)6-4-11/h2-8,16,24H,9H2,1H3. The first-order valence-electron chi connectivity index (χ1n) is 7.73. The second-order valence-corrected chi connectivity index (χ2v) is 6.42. The summed E-state index contributed by atoms with van der Waals surface area (Å²) >= 11 is 1.06. The first kappa shape index (κ1) is 18.8. The maximum Gasteiger partial charge on any atom is 0.387 e. The molecule has 10 heteroatoms. The summed E-state index contributed by atoms with van der Waals surface area (Å²) in [5.74, 6) is -0.525. The van der Waals surface area contributed by atoms with Crippen LogP contribution in [-0.4, -0.2) is 43.5 Å². The Kier molecular flexibility index (Phi) is 5.65. The molecule has 0 amide bonds. The number of Topliss-reactive ketones (excluding diaryl/α,β-unsaturated/α-hetero) is 1. The number of hydrogen-bond acceptors (Lipinski definition) is 7. The van der Waals surface area contributed by atoms with Crippen molar-refractivity contribution in [1.82, 2.24) is 20.2 Å². The number of carbonyl (C=O) groups excluding carboxylic acids is 1. The van der Waals surface area contributed by atoms with Gasteiger partial charge in [-0.3, -0.25) is 4.79 Å². The number of tetrazole rings is 1. The van der Waals surface area contributed by atoms with Crippen molar-refractivity contribution in [3.8, 4) is 17.2 Å². The molecule has 0 fully saturated rings. The summed E-state index contributed by atoms with van der Waals surface area (Å²) in [6.07, 6.45) is 0. The Hall–Kier alpha value is -3.01. The van der Waals surface area contributed by atoms with Crippen LogP contribution in [-0.2, 0) is 0 Å². The Labute approximate surface area is 157 Å². The zero-order chi connectivity index (χ0) is 19.4. The average Bonchev–Trinajstić information content (AvgIpc) is 3.10. The van der Waals surface area contributed by atoms with Gasteiger partial charge in [0.2, 0.25) is 5.16 Å². The zero-order valence-electron chi connectivity index (χ0n) is 14.0. The number of rotatable bonds is 7. The number of aryl methyl sites for hydroxylation is 1. The minimum atomic E-state index is -3.02. The number of alkyl halides is 2. The molecule has 0 spiro atoms. The Morgan fingerprint density at radius 2 is 2.00 bits per heavy atom. The number of ether oxygens (including phenoxy) is 1. The molecule has 0 saturated carbocycles. The Balaban J connectivity index is 1.77. The topological polar surface area (TPSA) is 90.1 Å². The maximum absolute atomic E-state index is 12.6. The van der Waals surface area contributed by atoms with E-state index in [1.165, 1.54) is 28.9 Å². The summed E-state index contributed by atoms with van der Waals surface area (Å²) in [5, 5.41) is 21.0. The van der Waals surface area contributed by atoms with E-state index in [2.05, 4.69) is 20.3 Å². The fraction of sp³-hybridized carbons (Fsp3) is 0.176. The van der Waals surface area contributed by atoms with Crippen molar-refractivity contribution >= 4 is 17.5 Å². The third-order valence-electron chi connectivity index (χ3n) is 3.52. The minimum Gasteiger partial charge on any atom is -0.508 e. The molecular formula is C17H14F2N4O3S. The lowest BCUT2D eigenvalue weighted by Gasteiger charge is -2.10. The van der Waals surface area contributed by atoms with Gasteiger partial charge in [0.05, 0.1) is 17.0 Å². The number of thioether (sulfide) groups is 1. The highest BCUT2D eigenvalue weighted by Crippen LogP contribution is 2.26. The van der Waals surface area contributed by atoms with Crippen molar-refractivity contribution in [3.63, 3.8) is 0 Å². The molecule has 3 aromatic rings. The number of benzene rings is 2. The highest BCUT2D eigenvalue weighted by molar-refractivity contribution is 7.99. The molecule has 27 heavy (non-hydrogen) atoms. The van der Waals surface area contributed by atoms with Crippen molar-refractivity contribution < 1.29 is 23.4 Å². The molecule has 1 heterocycles. The molecule has 0 radical (unpaired) electrons. The van der Waals surface area contributed by atoms with Gasteiger partial charge in [-0.15, -0.1) is 5.10 Å². The van der Waals surface area contributed by atoms with Crippen LogP contribution in [0.1, 0.15) is 15.9 Å². The van der Waals surface area contributed by atoms with Crippen LogP contribution in [0.15, 0.2) is 47.6 Å². The fourth-order valence-corrected chi connectivity index (χ4v) is 3.07. The van der Waals surface area contributed by atoms with E-state index in [1.807, 2.05) is 0 Å². The van der Waals surface area contributed by atoms with Crippen molar-refractivity contribution in [2.75, 3.05) is 5.75 Å². The molecule has 2 aromatic carbocycles. The van der Waals surface area contributed by atoms with E-state index in [4.69, 9.17) is 0 Å². The zero-order valence-corrected chi connectivity index (χ0v) is 14.9. The molecule has 0 aliphatic heterocycles. The van der Waals surface area contributed by atoms with Crippen LogP contribution in [0.4, 0.5) is 8.78 Å². The van der Waals surface area contributed by atoms with E-state index in [0.29, 0.717) is 10.8 Å². The molecule has 0 aliphatic carbocycles. The average molecular weight is 392 g/mol. The van der Waals surface area contributed by atoms with Gasteiger partial charge in [-0.2, -0.15) is 13.5 Å². The monoisotopic (exact) mass is 392 g/mol. The normalized spacial score (nSPS) is 11.0. The van der Waals surface area contributed by atoms with Crippen molar-refractivity contribution in [2.45, 2.75) is 18.7 Å². The number of aromatic nitrogens is 4. The number of nitrogens with zero attached hydrogens (tertiary/aromatic N) is 4. The molecule has 140 valence electrons. The van der Waals surface area contributed by atoms with Crippen LogP contribution >= 0.6 is 11.8 Å². The van der Waals surface area contributed by atoms with Crippen LogP contribution in [0.25, 0.3) is 5.69 Å². The second kappa shape index (κ2) is 8.12. The molecule has 0 aliphatic rings. The summed E-state index contributed by atoms with van der Waals surface area (Å²) in [6.45, 7) is -1.27. The number of phenolic OH excluding ortho intramolecular Hbond substituents is 1. The minimum absolute atomic E-state index is 0.0679. The Morgan fingerprint density at radius 3 is 2.70 bits per heavy atom. The van der Waals surface area contributed by atoms with Crippen LogP contribution in [0, 0.1) is 6.92 Å². The van der Waals surface area contributed by atoms with Gasteiger partial charge in [0.1, 0.15) is 11.5 Å². The van der Waals surface area contributed by atoms with Crippen molar-refractivity contribution in [2.24, 2.45) is 0 Å². The SMILES string of the molecule is Cc1ccc(OC(F)F)c(C(=O)CSc2nnnn2-c2ccc(O)cc2)c1. The van der Waals surface area contributed by atoms with E-state index >= 15 is 0 Å². The molecule has 0 atom stereocenters. The van der Waals surface area contributed by atoms with Crippen LogP contribution in [0.5, 0.6) is 11.5 Å². The van der Waals surface area contributed by atoms with E-state index in [1.54, 1.807) is 25.1 Å². The van der Waals surface area contributed by atoms with Crippen molar-refractivity contribution in [1.29, 1.82) is 0 Å². The summed E-state index contributed by atoms with van der Waals surface area (Å²) in [4.78, 5) is 12.5. The summed E-state index contributed by atoms with van der Waals surface area (Å²) in [5.41, 5.74) is 1.43. The van der Waals surface area contributed by atoms with Gasteiger partial charge in [0.25, 0.3) is 0 Å². The molecule has 0 saturated heterocycles. The van der Waals surface area contributed by atoms with E-state index in [-0.39, 0.29) is 28.6 Å². The second-order valence-electron chi connectivity index (χ2n) is 5.48. The number of carbonyl (C=O) groups is 1. The van der Waals surface area contributed by atoms with Crippen molar-refractivity contribution in [3.05, 3.63) is 53.6 Å². The van der Waals surface area contributed by atoms with Gasteiger partial charge in [-0.25, -0.2) is 0 Å². The van der Waals surface area contributed by atoms with E-state index < -0.39 is 6.61 Å². The number of ketones is 1. The smallest absolute Gasteiger partial charge is 0.387 e. The largest absolute Gasteiger partial charge is 0.508 e. The van der Waals surface area contributed by atoms with Crippen LogP contribution in [0.3, 0.4) is 0 Å². The van der Waals surface area contributed by atoms with Gasteiger partial charge >= 0.3 is 6.61 Å². The molecular weight excluding hydrogens is 378 g/mol. The van der Waals surface area contributed by atoms with Crippen LogP contribution in [0.2, 0.25) is 0 Å². The molecule has 3 rings (SSSR count). The number of phenols is 1. The van der Waals surface area contributed by atoms with E-state index in [9.17, 15) is 18.7 Å². The van der Waals surface area contributed by atoms with Gasteiger partial charge in [-0.1, -0.05) is 23.4 Å². The summed E-state index contributed by atoms with van der Waals surface area (Å²) in [7, 11) is 0. The summed E-state index contributed by atoms with van der Waals surface area (Å²) in [6, 6.07) is 10.6. The third kappa shape index (κ3) is 4.59. The molecule has 0 bridgehead atoms. The quantitative estimate of drug-likeness (QED) is 0.488. The van der Waals surface area contributed by atoms with Gasteiger partial charge in [0.15, 0.2) is 5.78 Å². The number of hydrogen-bond donors (Lipinski definition) is 1. The van der Waals surface area contributed by atoms with Gasteiger partial charge in [-0.05, 0) is 53.7 Å². The number of aromatic hydroxyl groups is 1. The highest BCUT2D eigenvalue weighted by atomic mass is 32.2. The molecule has 1 N–H and O–H groups in total. The molecule has 0 unspecified atom stereocenters. The van der Waals surface area contributed by atoms with Gasteiger partial charge in [0, 0.05) is 0 Å². The lowest BCUT2D eigenvalue weighted by Crippen LogP contribution is -2.10. The first-order chi connectivity index (χ1) is 12.9. The van der Waals surface area contributed by atoms with E-state index in [0.717, 1.165) is 17.3 Å². The lowest BCUT2D eigenvalue weighted by molar-refractivity contribution is -0.0501. The number of halogens is 2. The lowest BCUT2D eigenvalue weighted by atomic mass is 10.1. The first-order valence-corrected chi connectivity index (χ1v) is 8.72. The van der Waals surface area contributed by atoms with Gasteiger partial charge < -0.3 is 9.84 Å². The maximum atomic E-state index is 12.6. The predicted octanol–water partition coefficient (Wildman–Crippen LogP) is 3.25. The predicted molar refractivity (Wildman–Crippen MR) is 93.7 cm³/mol. The summed E-state index contributed by atoms with van der Waals surface area (Å²) < 4.78 is 30.9. The Morgan fingerprint density at radius 1 is 1.26 bits per heavy atom. The Bertz CT molecular complexity index is 948. The van der Waals surface area contributed by atoms with Crippen LogP contribution < -0.4 is 4.74 Å². The molecule has 1 aromatic heterocycles. The molecule has 7 nitrogen and oxygen atoms in total.